The molecule has 0 saturated carbocycles. The van der Waals surface area contributed by atoms with E-state index in [1.165, 1.54) is 13.2 Å². The molecule has 1 aliphatic heterocycles. The Labute approximate surface area is 198 Å². The molecule has 11 heteroatoms. The number of nitrogens with one attached hydrogen (secondary N) is 1. The number of aromatic nitrogens is 1. The van der Waals surface area contributed by atoms with E-state index in [9.17, 15) is 18.0 Å². The number of hydrogen-bond donors (Lipinski definition) is 2. The van der Waals surface area contributed by atoms with Gasteiger partial charge in [-0.2, -0.15) is 4.72 Å². The summed E-state index contributed by atoms with van der Waals surface area (Å²) in [6.45, 7) is 2.68. The summed E-state index contributed by atoms with van der Waals surface area (Å²) in [6, 6.07) is 7.29. The van der Waals surface area contributed by atoms with Crippen LogP contribution in [0.15, 0.2) is 41.4 Å². The summed E-state index contributed by atoms with van der Waals surface area (Å²) in [5, 5.41) is 0.0854. The molecule has 2 aromatic rings. The van der Waals surface area contributed by atoms with Crippen molar-refractivity contribution in [1.82, 2.24) is 14.2 Å². The summed E-state index contributed by atoms with van der Waals surface area (Å²) in [5.41, 5.74) is 6.41. The number of carbonyl (C=O) groups excluding carboxylic acids is 2. The average Bonchev–Trinajstić information content (AvgIpc) is 3.20. The Hall–Kier alpha value is -2.56. The summed E-state index contributed by atoms with van der Waals surface area (Å²) >= 11 is 6.19. The smallest absolute Gasteiger partial charge is 0.308 e. The van der Waals surface area contributed by atoms with Crippen molar-refractivity contribution in [3.63, 3.8) is 0 Å². The number of rotatable bonds is 8. The van der Waals surface area contributed by atoms with E-state index in [2.05, 4.69) is 4.72 Å². The van der Waals surface area contributed by atoms with E-state index in [0.717, 1.165) is 0 Å². The van der Waals surface area contributed by atoms with Crippen LogP contribution in [0.3, 0.4) is 0 Å². The molecular weight excluding hydrogens is 468 g/mol. The van der Waals surface area contributed by atoms with Gasteiger partial charge in [0.05, 0.1) is 18.1 Å². The van der Waals surface area contributed by atoms with Crippen molar-refractivity contribution in [2.75, 3.05) is 25.9 Å². The molecule has 1 unspecified atom stereocenters. The van der Waals surface area contributed by atoms with Crippen molar-refractivity contribution in [2.45, 2.75) is 43.7 Å². The number of methoxy groups -OCH3 is 1. The van der Waals surface area contributed by atoms with Crippen LogP contribution in [0.4, 0.5) is 5.82 Å². The number of amides is 1. The van der Waals surface area contributed by atoms with Crippen molar-refractivity contribution >= 4 is 39.3 Å². The van der Waals surface area contributed by atoms with E-state index in [4.69, 9.17) is 22.1 Å². The van der Waals surface area contributed by atoms with E-state index >= 15 is 0 Å². The summed E-state index contributed by atoms with van der Waals surface area (Å²) in [4.78, 5) is 26.7. The zero-order valence-electron chi connectivity index (χ0n) is 18.7. The lowest BCUT2D eigenvalue weighted by Crippen LogP contribution is -2.51. The second-order valence-electron chi connectivity index (χ2n) is 8.10. The van der Waals surface area contributed by atoms with Gasteiger partial charge in [-0.3, -0.25) is 9.59 Å². The van der Waals surface area contributed by atoms with Gasteiger partial charge in [0.25, 0.3) is 0 Å². The van der Waals surface area contributed by atoms with Gasteiger partial charge in [-0.15, -0.1) is 0 Å². The van der Waals surface area contributed by atoms with Gasteiger partial charge in [-0.25, -0.2) is 8.42 Å². The molecule has 1 amide bonds. The number of aryl methyl sites for hydroxylation is 2. The maximum atomic E-state index is 13.4. The van der Waals surface area contributed by atoms with Crippen LogP contribution in [0.5, 0.6) is 0 Å². The third-order valence-electron chi connectivity index (χ3n) is 5.89. The Morgan fingerprint density at radius 1 is 1.24 bits per heavy atom. The fourth-order valence-corrected chi connectivity index (χ4v) is 6.11. The maximum absolute atomic E-state index is 13.4. The number of ether oxygens (including phenoxy) is 1. The highest BCUT2D eigenvalue weighted by atomic mass is 35.5. The quantitative estimate of drug-likeness (QED) is 0.540. The van der Waals surface area contributed by atoms with Crippen molar-refractivity contribution in [3.8, 4) is 0 Å². The number of esters is 1. The van der Waals surface area contributed by atoms with Gasteiger partial charge in [0.1, 0.15) is 16.8 Å². The highest BCUT2D eigenvalue weighted by molar-refractivity contribution is 7.89. The monoisotopic (exact) mass is 496 g/mol. The normalized spacial score (nSPS) is 15.9. The number of likely N-dealkylation sites (tertiary alicyclic amines) is 1. The number of carbonyl (C=O) groups is 2. The van der Waals surface area contributed by atoms with Gasteiger partial charge >= 0.3 is 5.97 Å². The Morgan fingerprint density at radius 2 is 1.94 bits per heavy atom. The molecule has 0 spiro atoms. The lowest BCUT2D eigenvalue weighted by atomic mass is 9.96. The van der Waals surface area contributed by atoms with Gasteiger partial charge < -0.3 is 19.9 Å². The number of piperidine rings is 1. The molecule has 3 N–H and O–H groups in total. The highest BCUT2D eigenvalue weighted by Crippen LogP contribution is 2.26. The second-order valence-corrected chi connectivity index (χ2v) is 10.2. The summed E-state index contributed by atoms with van der Waals surface area (Å²) in [5.74, 6) is -0.390. The first kappa shape index (κ1) is 25.1. The third-order valence-corrected chi connectivity index (χ3v) is 7.99. The molecule has 0 bridgehead atoms. The van der Waals surface area contributed by atoms with Gasteiger partial charge in [0, 0.05) is 25.8 Å². The predicted octanol–water partition coefficient (Wildman–Crippen LogP) is 2.18. The van der Waals surface area contributed by atoms with Crippen LogP contribution in [-0.4, -0.2) is 56.0 Å². The molecule has 1 aromatic heterocycles. The first-order chi connectivity index (χ1) is 15.6. The van der Waals surface area contributed by atoms with Gasteiger partial charge in [-0.1, -0.05) is 23.7 Å². The maximum Gasteiger partial charge on any atom is 0.308 e. The molecule has 0 radical (unpaired) electrons. The molecule has 1 fully saturated rings. The van der Waals surface area contributed by atoms with E-state index in [1.54, 1.807) is 46.9 Å². The average molecular weight is 497 g/mol. The number of benzene rings is 1. The van der Waals surface area contributed by atoms with E-state index in [0.29, 0.717) is 43.9 Å². The molecule has 3 rings (SSSR count). The van der Waals surface area contributed by atoms with E-state index in [1.807, 2.05) is 0 Å². The Kier molecular flexibility index (Phi) is 8.04. The number of nitrogens with zero attached hydrogens (tertiary/aromatic N) is 2. The predicted molar refractivity (Wildman–Crippen MR) is 125 cm³/mol. The second kappa shape index (κ2) is 10.6. The van der Waals surface area contributed by atoms with Crippen LogP contribution < -0.4 is 10.5 Å². The number of halogens is 1. The standard InChI is InChI=1S/C22H29ClN4O5S/c1-15-5-3-6-17(23)20(15)33(30,31)25-18(10-14-26-11-4-7-19(26)24)21(28)27-12-8-16(9-13-27)22(29)32-2/h3-7,11,16,18,25H,8-10,12-14,24H2,1-2H3. The Balaban J connectivity index is 1.81. The van der Waals surface area contributed by atoms with Gasteiger partial charge in [0.2, 0.25) is 15.9 Å². The first-order valence-corrected chi connectivity index (χ1v) is 12.5. The molecule has 33 heavy (non-hydrogen) atoms. The Morgan fingerprint density at radius 3 is 2.52 bits per heavy atom. The van der Waals surface area contributed by atoms with Crippen molar-refractivity contribution in [2.24, 2.45) is 5.92 Å². The van der Waals surface area contributed by atoms with Crippen LogP contribution in [0.2, 0.25) is 5.02 Å². The molecule has 9 nitrogen and oxygen atoms in total. The first-order valence-electron chi connectivity index (χ1n) is 10.7. The molecule has 1 aromatic carbocycles. The lowest BCUT2D eigenvalue weighted by Gasteiger charge is -2.33. The molecular formula is C22H29ClN4O5S. The summed E-state index contributed by atoms with van der Waals surface area (Å²) in [7, 11) is -2.74. The van der Waals surface area contributed by atoms with Gasteiger partial charge in [-0.05, 0) is 49.9 Å². The van der Waals surface area contributed by atoms with Crippen LogP contribution in [0.1, 0.15) is 24.8 Å². The van der Waals surface area contributed by atoms with Crippen molar-refractivity contribution in [3.05, 3.63) is 47.1 Å². The number of anilines is 1. The van der Waals surface area contributed by atoms with Crippen molar-refractivity contribution < 1.29 is 22.7 Å². The number of hydrogen-bond acceptors (Lipinski definition) is 6. The molecule has 1 atom stereocenters. The number of sulfonamides is 1. The highest BCUT2D eigenvalue weighted by Gasteiger charge is 2.34. The minimum atomic E-state index is -4.08. The van der Waals surface area contributed by atoms with Crippen molar-refractivity contribution in [1.29, 1.82) is 0 Å². The van der Waals surface area contributed by atoms with E-state index in [-0.39, 0.29) is 34.1 Å². The fraction of sp³-hybridized carbons (Fsp3) is 0.455. The summed E-state index contributed by atoms with van der Waals surface area (Å²) in [6.07, 6.45) is 2.89. The number of nitrogen functional groups attached to an aromatic ring is 1. The van der Waals surface area contributed by atoms with Crippen LogP contribution in [0.25, 0.3) is 0 Å². The Bertz CT molecular complexity index is 1090. The molecule has 180 valence electrons. The van der Waals surface area contributed by atoms with Crippen LogP contribution >= 0.6 is 11.6 Å². The van der Waals surface area contributed by atoms with E-state index < -0.39 is 16.1 Å². The zero-order valence-corrected chi connectivity index (χ0v) is 20.2. The topological polar surface area (TPSA) is 124 Å². The third kappa shape index (κ3) is 5.87. The molecule has 0 aliphatic carbocycles. The SMILES string of the molecule is COC(=O)C1CCN(C(=O)C(CCn2cccc2N)NS(=O)(=O)c2c(C)cccc2Cl)CC1. The number of nitrogens with two attached hydrogens (primary N) is 1. The summed E-state index contributed by atoms with van der Waals surface area (Å²) < 4.78 is 35.6. The van der Waals surface area contributed by atoms with Gasteiger partial charge in [0.15, 0.2) is 0 Å². The fourth-order valence-electron chi connectivity index (χ4n) is 4.06. The molecule has 1 saturated heterocycles. The minimum Gasteiger partial charge on any atom is -0.469 e. The zero-order chi connectivity index (χ0) is 24.2. The van der Waals surface area contributed by atoms with Crippen LogP contribution in [-0.2, 0) is 30.9 Å². The lowest BCUT2D eigenvalue weighted by molar-refractivity contribution is -0.149. The largest absolute Gasteiger partial charge is 0.469 e. The van der Waals surface area contributed by atoms with Crippen LogP contribution in [0, 0.1) is 12.8 Å². The molecule has 2 heterocycles. The molecule has 1 aliphatic rings. The minimum absolute atomic E-state index is 0.0469.